The molecule has 2 aliphatic heterocycles. The summed E-state index contributed by atoms with van der Waals surface area (Å²) in [6.07, 6.45) is -1.50. The molecular weight excluding hydrogens is 501 g/mol. The number of ether oxygens (including phenoxy) is 1. The van der Waals surface area contributed by atoms with Crippen LogP contribution in [0.15, 0.2) is 11.1 Å². The molecule has 1 unspecified atom stereocenters. The highest BCUT2D eigenvalue weighted by Crippen LogP contribution is 2.30. The molecule has 12 nitrogen and oxygen atoms in total. The zero-order chi connectivity index (χ0) is 23.3. The van der Waals surface area contributed by atoms with E-state index in [4.69, 9.17) is 44.6 Å². The molecule has 2 rings (SSSR count). The van der Waals surface area contributed by atoms with Crippen molar-refractivity contribution >= 4 is 76.5 Å². The molecule has 2 heterocycles. The topological polar surface area (TPSA) is 149 Å². The Kier molecular flexibility index (Phi) is 8.51. The van der Waals surface area contributed by atoms with E-state index < -0.39 is 52.2 Å². The number of carboxylic acids is 1. The fraction of sp³-hybridized carbons (Fsp3) is 0.533. The number of hydrogen-bond donors (Lipinski definition) is 3. The number of carboxylic acid groups (broad SMARTS) is 1. The number of carbonyl (C=O) groups excluding carboxylic acids is 4. The lowest BCUT2D eigenvalue weighted by molar-refractivity contribution is -0.153. The molecule has 2 aliphatic rings. The fourth-order valence-corrected chi connectivity index (χ4v) is 3.67. The van der Waals surface area contributed by atoms with Gasteiger partial charge in [0, 0.05) is 19.6 Å². The van der Waals surface area contributed by atoms with Crippen molar-refractivity contribution in [2.24, 2.45) is 0 Å². The largest absolute Gasteiger partial charge is 0.481 e. The number of thioether (sulfide) groups is 1. The Labute approximate surface area is 195 Å². The number of urea groups is 1. The van der Waals surface area contributed by atoms with Gasteiger partial charge in [0.25, 0.3) is 0 Å². The Balaban J connectivity index is 2.08. The minimum absolute atomic E-state index is 0.0490. The van der Waals surface area contributed by atoms with Gasteiger partial charge in [0.1, 0.15) is 6.61 Å². The number of amides is 5. The summed E-state index contributed by atoms with van der Waals surface area (Å²) in [4.78, 5) is 62.0. The van der Waals surface area contributed by atoms with Crippen molar-refractivity contribution in [3.63, 3.8) is 0 Å². The minimum Gasteiger partial charge on any atom is -0.481 e. The lowest BCUT2D eigenvalue weighted by Crippen LogP contribution is -2.61. The molecule has 0 aromatic rings. The highest BCUT2D eigenvalue weighted by atomic mass is 35.6. The highest BCUT2D eigenvalue weighted by molar-refractivity contribution is 8.02. The summed E-state index contributed by atoms with van der Waals surface area (Å²) in [5, 5.41) is 13.9. The Bertz CT molecular complexity index is 806. The first kappa shape index (κ1) is 25.2. The summed E-state index contributed by atoms with van der Waals surface area (Å²) in [6.45, 7) is 1.57. The SMILES string of the molecule is CCN1CCN(C(=O)NN2C(CC(=O)O)=CSC2NC(=O)OCC(Cl)(Cl)Cl)C(=O)C1=O. The van der Waals surface area contributed by atoms with Gasteiger partial charge in [-0.15, -0.1) is 0 Å². The molecule has 0 aromatic carbocycles. The Morgan fingerprint density at radius 3 is 2.52 bits per heavy atom. The van der Waals surface area contributed by atoms with Gasteiger partial charge in [0.05, 0.1) is 12.1 Å². The van der Waals surface area contributed by atoms with Crippen LogP contribution in [-0.2, 0) is 19.1 Å². The molecule has 31 heavy (non-hydrogen) atoms. The minimum atomic E-state index is -1.84. The first-order valence-corrected chi connectivity index (χ1v) is 10.8. The normalized spacial score (nSPS) is 19.3. The van der Waals surface area contributed by atoms with Crippen LogP contribution in [0.1, 0.15) is 13.3 Å². The molecule has 0 radical (unpaired) electrons. The van der Waals surface area contributed by atoms with Gasteiger partial charge in [-0.2, -0.15) is 0 Å². The molecule has 0 spiro atoms. The molecule has 1 fully saturated rings. The third-order valence-electron chi connectivity index (χ3n) is 3.97. The summed E-state index contributed by atoms with van der Waals surface area (Å²) < 4.78 is 2.92. The van der Waals surface area contributed by atoms with Crippen LogP contribution in [0.2, 0.25) is 0 Å². The number of aliphatic carboxylic acids is 1. The second-order valence-electron chi connectivity index (χ2n) is 6.13. The number of hydrazine groups is 1. The van der Waals surface area contributed by atoms with Gasteiger partial charge in [-0.05, 0) is 12.3 Å². The molecule has 172 valence electrons. The first-order valence-electron chi connectivity index (χ1n) is 8.70. The third-order valence-corrected chi connectivity index (χ3v) is 5.29. The van der Waals surface area contributed by atoms with Crippen molar-refractivity contribution in [3.8, 4) is 0 Å². The number of hydrogen-bond acceptors (Lipinski definition) is 8. The highest BCUT2D eigenvalue weighted by Gasteiger charge is 2.38. The van der Waals surface area contributed by atoms with Crippen LogP contribution in [0.4, 0.5) is 9.59 Å². The van der Waals surface area contributed by atoms with Gasteiger partial charge in [-0.25, -0.2) is 15.0 Å². The van der Waals surface area contributed by atoms with E-state index in [1.54, 1.807) is 6.92 Å². The van der Waals surface area contributed by atoms with E-state index in [-0.39, 0.29) is 18.8 Å². The maximum atomic E-state index is 12.6. The fourth-order valence-electron chi connectivity index (χ4n) is 2.55. The van der Waals surface area contributed by atoms with E-state index in [1.165, 1.54) is 10.3 Å². The molecule has 1 saturated heterocycles. The van der Waals surface area contributed by atoms with Gasteiger partial charge in [-0.3, -0.25) is 29.6 Å². The van der Waals surface area contributed by atoms with Crippen molar-refractivity contribution in [2.75, 3.05) is 26.2 Å². The van der Waals surface area contributed by atoms with Gasteiger partial charge in [-0.1, -0.05) is 46.6 Å². The molecular formula is C15H18Cl3N5O7S. The molecule has 0 saturated carbocycles. The van der Waals surface area contributed by atoms with E-state index in [9.17, 15) is 24.0 Å². The average Bonchev–Trinajstić information content (AvgIpc) is 3.02. The van der Waals surface area contributed by atoms with Crippen LogP contribution >= 0.6 is 46.6 Å². The zero-order valence-corrected chi connectivity index (χ0v) is 19.1. The van der Waals surface area contributed by atoms with E-state index in [2.05, 4.69) is 10.7 Å². The summed E-state index contributed by atoms with van der Waals surface area (Å²) >= 11 is 17.5. The number of nitrogens with one attached hydrogen (secondary N) is 2. The molecule has 5 amide bonds. The third kappa shape index (κ3) is 6.95. The number of halogens is 3. The maximum Gasteiger partial charge on any atom is 0.409 e. The number of alkyl halides is 3. The van der Waals surface area contributed by atoms with Gasteiger partial charge in [0.2, 0.25) is 3.79 Å². The lowest BCUT2D eigenvalue weighted by Gasteiger charge is -2.35. The van der Waals surface area contributed by atoms with Crippen LogP contribution in [0, 0.1) is 0 Å². The molecule has 0 aromatic heterocycles. The van der Waals surface area contributed by atoms with Crippen LogP contribution in [0.3, 0.4) is 0 Å². The van der Waals surface area contributed by atoms with E-state index in [1.807, 2.05) is 0 Å². The second-order valence-corrected chi connectivity index (χ2v) is 9.60. The van der Waals surface area contributed by atoms with Gasteiger partial charge >= 0.3 is 29.9 Å². The number of piperazine rings is 1. The van der Waals surface area contributed by atoms with Crippen LogP contribution in [0.5, 0.6) is 0 Å². The van der Waals surface area contributed by atoms with Crippen molar-refractivity contribution in [2.45, 2.75) is 22.6 Å². The summed E-state index contributed by atoms with van der Waals surface area (Å²) in [7, 11) is 0. The summed E-state index contributed by atoms with van der Waals surface area (Å²) in [5.41, 5.74) is 1.43. The number of imide groups is 1. The molecule has 0 bridgehead atoms. The van der Waals surface area contributed by atoms with Crippen molar-refractivity contribution in [3.05, 3.63) is 11.1 Å². The molecule has 16 heteroatoms. The first-order chi connectivity index (χ1) is 14.4. The standard InChI is InChI=1S/C15H18Cl3N5O7S/c1-2-21-3-4-22(11(27)10(21)26)12(28)20-23-8(5-9(24)25)6-31-13(23)19-14(29)30-7-15(16,17)18/h6,13H,2-5,7H2,1H3,(H,19,29)(H,20,28)(H,24,25). The van der Waals surface area contributed by atoms with Crippen molar-refractivity contribution < 1.29 is 33.8 Å². The predicted octanol–water partition coefficient (Wildman–Crippen LogP) is 1.05. The molecule has 1 atom stereocenters. The Morgan fingerprint density at radius 1 is 1.26 bits per heavy atom. The van der Waals surface area contributed by atoms with E-state index >= 15 is 0 Å². The lowest BCUT2D eigenvalue weighted by atomic mass is 10.3. The van der Waals surface area contributed by atoms with Crippen LogP contribution < -0.4 is 10.7 Å². The Morgan fingerprint density at radius 2 is 1.94 bits per heavy atom. The van der Waals surface area contributed by atoms with Crippen LogP contribution in [-0.4, -0.2) is 85.4 Å². The number of likely N-dealkylation sites (N-methyl/N-ethyl adjacent to an activating group) is 1. The second kappa shape index (κ2) is 10.5. The monoisotopic (exact) mass is 517 g/mol. The van der Waals surface area contributed by atoms with E-state index in [0.717, 1.165) is 16.8 Å². The smallest absolute Gasteiger partial charge is 0.409 e. The Hall–Kier alpha value is -2.09. The number of nitrogens with zero attached hydrogens (tertiary/aromatic N) is 3. The summed E-state index contributed by atoms with van der Waals surface area (Å²) in [5.74, 6) is -3.05. The maximum absolute atomic E-state index is 12.6. The van der Waals surface area contributed by atoms with Crippen LogP contribution in [0.25, 0.3) is 0 Å². The number of alkyl carbamates (subject to hydrolysis) is 1. The number of carbonyl (C=O) groups is 5. The quantitative estimate of drug-likeness (QED) is 0.346. The average molecular weight is 519 g/mol. The summed E-state index contributed by atoms with van der Waals surface area (Å²) in [6, 6.07) is -0.964. The van der Waals surface area contributed by atoms with Gasteiger partial charge in [0.15, 0.2) is 5.50 Å². The van der Waals surface area contributed by atoms with Gasteiger partial charge < -0.3 is 14.7 Å². The molecule has 3 N–H and O–H groups in total. The predicted molar refractivity (Wildman–Crippen MR) is 111 cm³/mol. The number of rotatable bonds is 6. The molecule has 0 aliphatic carbocycles. The zero-order valence-electron chi connectivity index (χ0n) is 16.0. The van der Waals surface area contributed by atoms with Crippen molar-refractivity contribution in [1.82, 2.24) is 25.6 Å². The van der Waals surface area contributed by atoms with E-state index in [0.29, 0.717) is 11.4 Å². The van der Waals surface area contributed by atoms with Crippen molar-refractivity contribution in [1.29, 1.82) is 0 Å².